The molecule has 0 aliphatic heterocycles. The first-order chi connectivity index (χ1) is 9.25. The van der Waals surface area contributed by atoms with Gasteiger partial charge in [0.15, 0.2) is 0 Å². The number of aliphatic hydroxyl groups excluding tert-OH is 1. The molecular weight excluding hydrogens is 258 g/mol. The summed E-state index contributed by atoms with van der Waals surface area (Å²) >= 11 is 1.69. The number of hydrogen-bond acceptors (Lipinski definition) is 3. The lowest BCUT2D eigenvalue weighted by molar-refractivity contribution is -0.122. The van der Waals surface area contributed by atoms with Gasteiger partial charge in [0.05, 0.1) is 12.1 Å². The van der Waals surface area contributed by atoms with E-state index in [4.69, 9.17) is 0 Å². The van der Waals surface area contributed by atoms with E-state index in [2.05, 4.69) is 5.32 Å². The maximum absolute atomic E-state index is 11.8. The summed E-state index contributed by atoms with van der Waals surface area (Å²) in [5.74, 6) is 0.827. The highest BCUT2D eigenvalue weighted by Gasteiger charge is 2.24. The molecule has 1 fully saturated rings. The first-order valence-electron chi connectivity index (χ1n) is 6.91. The lowest BCUT2D eigenvalue weighted by atomic mass is 9.92. The summed E-state index contributed by atoms with van der Waals surface area (Å²) in [6, 6.07) is 10.0. The normalized spacial score (nSPS) is 23.0. The van der Waals surface area contributed by atoms with Crippen molar-refractivity contribution < 1.29 is 9.90 Å². The van der Waals surface area contributed by atoms with Crippen LogP contribution in [-0.4, -0.2) is 28.9 Å². The molecule has 1 aliphatic carbocycles. The maximum Gasteiger partial charge on any atom is 0.221 e. The minimum Gasteiger partial charge on any atom is -0.391 e. The van der Waals surface area contributed by atoms with Crippen molar-refractivity contribution in [2.45, 2.75) is 49.1 Å². The summed E-state index contributed by atoms with van der Waals surface area (Å²) in [6.07, 6.45) is 4.02. The van der Waals surface area contributed by atoms with Gasteiger partial charge >= 0.3 is 0 Å². The van der Waals surface area contributed by atoms with Crippen molar-refractivity contribution in [1.29, 1.82) is 0 Å². The van der Waals surface area contributed by atoms with E-state index >= 15 is 0 Å². The predicted octanol–water partition coefficient (Wildman–Crippen LogP) is 2.59. The number of amides is 1. The second kappa shape index (κ2) is 7.56. The standard InChI is InChI=1S/C15H21NO2S/c17-14-9-5-4-8-13(14)16-15(18)10-11-19-12-6-2-1-3-7-12/h1-3,6-7,13-14,17H,4-5,8-11H2,(H,16,18). The van der Waals surface area contributed by atoms with Crippen LogP contribution in [0.2, 0.25) is 0 Å². The van der Waals surface area contributed by atoms with E-state index in [-0.39, 0.29) is 18.1 Å². The largest absolute Gasteiger partial charge is 0.391 e. The first kappa shape index (κ1) is 14.4. The average molecular weight is 279 g/mol. The van der Waals surface area contributed by atoms with E-state index in [9.17, 15) is 9.90 Å². The Morgan fingerprint density at radius 2 is 2.00 bits per heavy atom. The van der Waals surface area contributed by atoms with Crippen LogP contribution < -0.4 is 5.32 Å². The molecule has 0 spiro atoms. The number of rotatable bonds is 5. The van der Waals surface area contributed by atoms with E-state index in [0.29, 0.717) is 6.42 Å². The summed E-state index contributed by atoms with van der Waals surface area (Å²) in [6.45, 7) is 0. The summed E-state index contributed by atoms with van der Waals surface area (Å²) in [7, 11) is 0. The van der Waals surface area contributed by atoms with Gasteiger partial charge in [-0.2, -0.15) is 0 Å². The molecule has 1 aromatic carbocycles. The van der Waals surface area contributed by atoms with E-state index < -0.39 is 0 Å². The Morgan fingerprint density at radius 3 is 2.74 bits per heavy atom. The summed E-state index contributed by atoms with van der Waals surface area (Å²) in [5.41, 5.74) is 0. The number of benzene rings is 1. The molecule has 1 aromatic rings. The molecule has 1 saturated carbocycles. The van der Waals surface area contributed by atoms with Crippen molar-refractivity contribution in [2.24, 2.45) is 0 Å². The SMILES string of the molecule is O=C(CCSc1ccccc1)NC1CCCCC1O. The Bertz CT molecular complexity index is 396. The minimum atomic E-state index is -0.362. The Kier molecular flexibility index (Phi) is 5.73. The molecule has 104 valence electrons. The van der Waals surface area contributed by atoms with Crippen molar-refractivity contribution in [3.05, 3.63) is 30.3 Å². The number of carbonyl (C=O) groups is 1. The Labute approximate surface area is 118 Å². The van der Waals surface area contributed by atoms with Gasteiger partial charge in [-0.05, 0) is 25.0 Å². The molecule has 1 aliphatic rings. The van der Waals surface area contributed by atoms with E-state index in [1.165, 1.54) is 4.90 Å². The van der Waals surface area contributed by atoms with Crippen LogP contribution in [0.15, 0.2) is 35.2 Å². The summed E-state index contributed by atoms with van der Waals surface area (Å²) in [5, 5.41) is 12.8. The fraction of sp³-hybridized carbons (Fsp3) is 0.533. The summed E-state index contributed by atoms with van der Waals surface area (Å²) in [4.78, 5) is 13.0. The van der Waals surface area contributed by atoms with E-state index in [1.54, 1.807) is 11.8 Å². The third-order valence-corrected chi connectivity index (χ3v) is 4.43. The smallest absolute Gasteiger partial charge is 0.221 e. The van der Waals surface area contributed by atoms with Crippen LogP contribution >= 0.6 is 11.8 Å². The van der Waals surface area contributed by atoms with Crippen molar-refractivity contribution in [3.63, 3.8) is 0 Å². The highest BCUT2D eigenvalue weighted by molar-refractivity contribution is 7.99. The van der Waals surface area contributed by atoms with Crippen LogP contribution in [0, 0.1) is 0 Å². The molecule has 4 heteroatoms. The van der Waals surface area contributed by atoms with Crippen LogP contribution in [0.5, 0.6) is 0 Å². The van der Waals surface area contributed by atoms with E-state index in [0.717, 1.165) is 31.4 Å². The van der Waals surface area contributed by atoms with Gasteiger partial charge < -0.3 is 10.4 Å². The van der Waals surface area contributed by atoms with Gasteiger partial charge in [0.2, 0.25) is 5.91 Å². The lowest BCUT2D eigenvalue weighted by Gasteiger charge is -2.28. The molecule has 0 heterocycles. The molecule has 0 aromatic heterocycles. The van der Waals surface area contributed by atoms with Gasteiger partial charge in [0, 0.05) is 17.1 Å². The van der Waals surface area contributed by atoms with Crippen LogP contribution in [0.25, 0.3) is 0 Å². The second-order valence-corrected chi connectivity index (χ2v) is 6.11. The lowest BCUT2D eigenvalue weighted by Crippen LogP contribution is -2.45. The molecule has 2 N–H and O–H groups in total. The first-order valence-corrected chi connectivity index (χ1v) is 7.89. The Hall–Kier alpha value is -1.00. The zero-order valence-electron chi connectivity index (χ0n) is 11.0. The number of aliphatic hydroxyl groups is 1. The molecule has 2 atom stereocenters. The highest BCUT2D eigenvalue weighted by atomic mass is 32.2. The van der Waals surface area contributed by atoms with Gasteiger partial charge in [0.1, 0.15) is 0 Å². The molecule has 0 bridgehead atoms. The molecule has 3 nitrogen and oxygen atoms in total. The molecule has 2 unspecified atom stereocenters. The van der Waals surface area contributed by atoms with Crippen molar-refractivity contribution >= 4 is 17.7 Å². The number of carbonyl (C=O) groups excluding carboxylic acids is 1. The van der Waals surface area contributed by atoms with Crippen LogP contribution in [0.1, 0.15) is 32.1 Å². The minimum absolute atomic E-state index is 0.0389. The second-order valence-electron chi connectivity index (χ2n) is 4.94. The molecular formula is C15H21NO2S. The predicted molar refractivity (Wildman–Crippen MR) is 78.2 cm³/mol. The highest BCUT2D eigenvalue weighted by Crippen LogP contribution is 2.20. The Morgan fingerprint density at radius 1 is 1.26 bits per heavy atom. The monoisotopic (exact) mass is 279 g/mol. The van der Waals surface area contributed by atoms with E-state index in [1.807, 2.05) is 30.3 Å². The van der Waals surface area contributed by atoms with Crippen LogP contribution in [-0.2, 0) is 4.79 Å². The molecule has 0 radical (unpaired) electrons. The van der Waals surface area contributed by atoms with Gasteiger partial charge in [-0.1, -0.05) is 31.0 Å². The third-order valence-electron chi connectivity index (χ3n) is 3.42. The maximum atomic E-state index is 11.8. The van der Waals surface area contributed by atoms with Gasteiger partial charge in [-0.3, -0.25) is 4.79 Å². The third kappa shape index (κ3) is 4.88. The molecule has 1 amide bonds. The zero-order chi connectivity index (χ0) is 13.5. The molecule has 19 heavy (non-hydrogen) atoms. The zero-order valence-corrected chi connectivity index (χ0v) is 11.9. The number of nitrogens with one attached hydrogen (secondary N) is 1. The van der Waals surface area contributed by atoms with Gasteiger partial charge in [-0.15, -0.1) is 11.8 Å². The number of thioether (sulfide) groups is 1. The van der Waals surface area contributed by atoms with Crippen molar-refractivity contribution in [2.75, 3.05) is 5.75 Å². The molecule has 2 rings (SSSR count). The summed E-state index contributed by atoms with van der Waals surface area (Å²) < 4.78 is 0. The molecule has 0 saturated heterocycles. The number of hydrogen-bond donors (Lipinski definition) is 2. The topological polar surface area (TPSA) is 49.3 Å². The van der Waals surface area contributed by atoms with Gasteiger partial charge in [0.25, 0.3) is 0 Å². The van der Waals surface area contributed by atoms with Crippen molar-refractivity contribution in [3.8, 4) is 0 Å². The average Bonchev–Trinajstić information content (AvgIpc) is 2.43. The van der Waals surface area contributed by atoms with Crippen LogP contribution in [0.3, 0.4) is 0 Å². The van der Waals surface area contributed by atoms with Crippen LogP contribution in [0.4, 0.5) is 0 Å². The fourth-order valence-corrected chi connectivity index (χ4v) is 3.21. The fourth-order valence-electron chi connectivity index (χ4n) is 2.34. The quantitative estimate of drug-likeness (QED) is 0.815. The van der Waals surface area contributed by atoms with Gasteiger partial charge in [-0.25, -0.2) is 0 Å². The Balaban J connectivity index is 1.67. The van der Waals surface area contributed by atoms with Crippen molar-refractivity contribution in [1.82, 2.24) is 5.32 Å².